The number of nitrogen functional groups attached to an aromatic ring is 1. The van der Waals surface area contributed by atoms with Crippen LogP contribution in [0.4, 0.5) is 5.82 Å². The van der Waals surface area contributed by atoms with Crippen LogP contribution < -0.4 is 5.73 Å². The van der Waals surface area contributed by atoms with Gasteiger partial charge in [0.25, 0.3) is 5.95 Å². The van der Waals surface area contributed by atoms with E-state index in [0.717, 1.165) is 22.2 Å². The summed E-state index contributed by atoms with van der Waals surface area (Å²) in [5, 5.41) is 5.60. The van der Waals surface area contributed by atoms with Crippen LogP contribution in [0.15, 0.2) is 53.3 Å². The van der Waals surface area contributed by atoms with Crippen LogP contribution in [0.1, 0.15) is 0 Å². The molecule has 0 saturated heterocycles. The van der Waals surface area contributed by atoms with Crippen molar-refractivity contribution in [2.45, 2.75) is 0 Å². The maximum absolute atomic E-state index is 6.03. The molecule has 0 spiro atoms. The van der Waals surface area contributed by atoms with Crippen molar-refractivity contribution in [3.63, 3.8) is 0 Å². The van der Waals surface area contributed by atoms with Gasteiger partial charge in [-0.15, -0.1) is 0 Å². The largest absolute Gasteiger partial charge is 0.383 e. The van der Waals surface area contributed by atoms with Crippen molar-refractivity contribution >= 4 is 44.3 Å². The zero-order chi connectivity index (χ0) is 16.7. The van der Waals surface area contributed by atoms with E-state index in [1.807, 2.05) is 36.4 Å². The Kier molecular flexibility index (Phi) is 3.66. The molecular formula is C16H10BrClN6. The summed E-state index contributed by atoms with van der Waals surface area (Å²) >= 11 is 9.26. The Labute approximate surface area is 150 Å². The Bertz CT molecular complexity index is 1040. The second kappa shape index (κ2) is 5.85. The molecule has 0 radical (unpaired) electrons. The zero-order valence-electron chi connectivity index (χ0n) is 12.2. The van der Waals surface area contributed by atoms with Crippen LogP contribution in [0.25, 0.3) is 28.1 Å². The van der Waals surface area contributed by atoms with Gasteiger partial charge in [-0.2, -0.15) is 15.1 Å². The standard InChI is InChI=1S/C16H10BrClN6/c17-13-14(18)22-16(23-15(13)19)24-8-10(7-20-24)12-6-5-9-3-1-2-4-11(9)21-12/h1-8H,(H2,19,22,23). The summed E-state index contributed by atoms with van der Waals surface area (Å²) < 4.78 is 1.98. The molecular weight excluding hydrogens is 392 g/mol. The first-order chi connectivity index (χ1) is 11.6. The van der Waals surface area contributed by atoms with E-state index in [1.165, 1.54) is 4.68 Å². The van der Waals surface area contributed by atoms with Crippen LogP contribution in [-0.4, -0.2) is 24.7 Å². The number of nitrogens with zero attached hydrogens (tertiary/aromatic N) is 5. The van der Waals surface area contributed by atoms with Crippen LogP contribution in [0.5, 0.6) is 0 Å². The molecule has 8 heteroatoms. The monoisotopic (exact) mass is 400 g/mol. The minimum absolute atomic E-state index is 0.235. The molecule has 3 aromatic heterocycles. The van der Waals surface area contributed by atoms with Gasteiger partial charge in [0.15, 0.2) is 5.15 Å². The predicted octanol–water partition coefficient (Wildman–Crippen LogP) is 3.88. The van der Waals surface area contributed by atoms with Crippen LogP contribution in [0.2, 0.25) is 5.15 Å². The molecule has 0 aliphatic heterocycles. The Balaban J connectivity index is 1.76. The van der Waals surface area contributed by atoms with Crippen molar-refractivity contribution in [3.05, 3.63) is 58.4 Å². The highest BCUT2D eigenvalue weighted by molar-refractivity contribution is 9.10. The van der Waals surface area contributed by atoms with Gasteiger partial charge in [-0.05, 0) is 28.1 Å². The summed E-state index contributed by atoms with van der Waals surface area (Å²) in [4.78, 5) is 13.0. The quantitative estimate of drug-likeness (QED) is 0.515. The molecule has 0 unspecified atom stereocenters. The number of anilines is 1. The fraction of sp³-hybridized carbons (Fsp3) is 0. The third kappa shape index (κ3) is 2.61. The number of rotatable bonds is 2. The predicted molar refractivity (Wildman–Crippen MR) is 97.0 cm³/mol. The van der Waals surface area contributed by atoms with Crippen molar-refractivity contribution in [1.82, 2.24) is 24.7 Å². The number of hydrogen-bond donors (Lipinski definition) is 1. The second-order valence-electron chi connectivity index (χ2n) is 5.08. The SMILES string of the molecule is Nc1nc(-n2cc(-c3ccc4ccccc4n3)cn2)nc(Cl)c1Br. The first-order valence-corrected chi connectivity index (χ1v) is 8.18. The van der Waals surface area contributed by atoms with E-state index in [-0.39, 0.29) is 11.0 Å². The van der Waals surface area contributed by atoms with Gasteiger partial charge in [-0.1, -0.05) is 35.9 Å². The minimum Gasteiger partial charge on any atom is -0.383 e. The van der Waals surface area contributed by atoms with Crippen LogP contribution in [0, 0.1) is 0 Å². The topological polar surface area (TPSA) is 82.5 Å². The molecule has 0 aliphatic rings. The van der Waals surface area contributed by atoms with Crippen LogP contribution >= 0.6 is 27.5 Å². The highest BCUT2D eigenvalue weighted by Gasteiger charge is 2.12. The van der Waals surface area contributed by atoms with Gasteiger partial charge in [0.05, 0.1) is 21.9 Å². The smallest absolute Gasteiger partial charge is 0.254 e. The van der Waals surface area contributed by atoms with E-state index in [1.54, 1.807) is 12.4 Å². The van der Waals surface area contributed by atoms with Crippen LogP contribution in [0.3, 0.4) is 0 Å². The van der Waals surface area contributed by atoms with Gasteiger partial charge >= 0.3 is 0 Å². The number of hydrogen-bond acceptors (Lipinski definition) is 5. The van der Waals surface area contributed by atoms with E-state index in [9.17, 15) is 0 Å². The van der Waals surface area contributed by atoms with E-state index < -0.39 is 0 Å². The fourth-order valence-electron chi connectivity index (χ4n) is 2.32. The Morgan fingerprint density at radius 2 is 1.88 bits per heavy atom. The summed E-state index contributed by atoms with van der Waals surface area (Å²) in [5.41, 5.74) is 8.39. The van der Waals surface area contributed by atoms with E-state index in [2.05, 4.69) is 36.0 Å². The molecule has 3 heterocycles. The number of benzene rings is 1. The molecule has 0 aliphatic carbocycles. The lowest BCUT2D eigenvalue weighted by molar-refractivity contribution is 0.809. The lowest BCUT2D eigenvalue weighted by atomic mass is 10.1. The van der Waals surface area contributed by atoms with Crippen molar-refractivity contribution in [1.29, 1.82) is 0 Å². The second-order valence-corrected chi connectivity index (χ2v) is 6.23. The normalized spacial score (nSPS) is 11.1. The first kappa shape index (κ1) is 15.0. The molecule has 0 atom stereocenters. The van der Waals surface area contributed by atoms with E-state index in [4.69, 9.17) is 17.3 Å². The molecule has 24 heavy (non-hydrogen) atoms. The lowest BCUT2D eigenvalue weighted by Crippen LogP contribution is -2.05. The molecule has 0 saturated carbocycles. The third-order valence-corrected chi connectivity index (χ3v) is 4.79. The average Bonchev–Trinajstić information content (AvgIpc) is 3.09. The first-order valence-electron chi connectivity index (χ1n) is 7.01. The molecule has 4 aromatic rings. The minimum atomic E-state index is 0.235. The number of para-hydroxylation sites is 1. The number of fused-ring (bicyclic) bond motifs is 1. The van der Waals surface area contributed by atoms with Crippen molar-refractivity contribution in [2.24, 2.45) is 0 Å². The van der Waals surface area contributed by atoms with E-state index >= 15 is 0 Å². The number of pyridine rings is 1. The van der Waals surface area contributed by atoms with Gasteiger partial charge in [0.1, 0.15) is 5.82 Å². The Hall–Kier alpha value is -2.51. The molecule has 6 nitrogen and oxygen atoms in total. The van der Waals surface area contributed by atoms with E-state index in [0.29, 0.717) is 10.4 Å². The van der Waals surface area contributed by atoms with Crippen molar-refractivity contribution < 1.29 is 0 Å². The van der Waals surface area contributed by atoms with Crippen molar-refractivity contribution in [3.8, 4) is 17.2 Å². The molecule has 0 bridgehead atoms. The maximum Gasteiger partial charge on any atom is 0.254 e. The molecule has 4 rings (SSSR count). The van der Waals surface area contributed by atoms with Crippen LogP contribution in [-0.2, 0) is 0 Å². The Morgan fingerprint density at radius 3 is 2.71 bits per heavy atom. The summed E-state index contributed by atoms with van der Waals surface area (Å²) in [7, 11) is 0. The Morgan fingerprint density at radius 1 is 1.04 bits per heavy atom. The summed E-state index contributed by atoms with van der Waals surface area (Å²) in [6.07, 6.45) is 3.49. The molecule has 1 aromatic carbocycles. The number of nitrogens with two attached hydrogens (primary N) is 1. The molecule has 0 amide bonds. The summed E-state index contributed by atoms with van der Waals surface area (Å²) in [6, 6.07) is 11.9. The van der Waals surface area contributed by atoms with Gasteiger partial charge < -0.3 is 5.73 Å². The fourth-order valence-corrected chi connectivity index (χ4v) is 2.67. The highest BCUT2D eigenvalue weighted by Crippen LogP contribution is 2.26. The summed E-state index contributed by atoms with van der Waals surface area (Å²) in [6.45, 7) is 0. The maximum atomic E-state index is 6.03. The lowest BCUT2D eigenvalue weighted by Gasteiger charge is -2.04. The highest BCUT2D eigenvalue weighted by atomic mass is 79.9. The van der Waals surface area contributed by atoms with Gasteiger partial charge in [-0.3, -0.25) is 0 Å². The van der Waals surface area contributed by atoms with Gasteiger partial charge in [0.2, 0.25) is 0 Å². The molecule has 0 fully saturated rings. The molecule has 2 N–H and O–H groups in total. The summed E-state index contributed by atoms with van der Waals surface area (Å²) in [5.74, 6) is 0.554. The zero-order valence-corrected chi connectivity index (χ0v) is 14.5. The van der Waals surface area contributed by atoms with Crippen molar-refractivity contribution in [2.75, 3.05) is 5.73 Å². The molecule has 118 valence electrons. The average molecular weight is 402 g/mol. The number of halogens is 2. The van der Waals surface area contributed by atoms with Gasteiger partial charge in [-0.25, -0.2) is 9.67 Å². The van der Waals surface area contributed by atoms with Gasteiger partial charge in [0, 0.05) is 17.1 Å². The third-order valence-electron chi connectivity index (χ3n) is 3.51. The number of aromatic nitrogens is 5.